The van der Waals surface area contributed by atoms with Crippen molar-refractivity contribution in [3.8, 4) is 0 Å². The second-order valence-electron chi connectivity index (χ2n) is 6.45. The van der Waals surface area contributed by atoms with Crippen LogP contribution >= 0.6 is 23.4 Å². The number of hydrogen-bond donors (Lipinski definition) is 1. The van der Waals surface area contributed by atoms with Crippen LogP contribution < -0.4 is 5.32 Å². The molecule has 7 heteroatoms. The normalized spacial score (nSPS) is 18.4. The molecule has 1 aromatic heterocycles. The van der Waals surface area contributed by atoms with Gasteiger partial charge in [0.15, 0.2) is 5.16 Å². The first kappa shape index (κ1) is 16.0. The van der Waals surface area contributed by atoms with E-state index in [1.165, 1.54) is 37.4 Å². The van der Waals surface area contributed by atoms with Crippen LogP contribution in [0.15, 0.2) is 29.4 Å². The summed E-state index contributed by atoms with van der Waals surface area (Å²) >= 11 is 7.58. The predicted molar refractivity (Wildman–Crippen MR) is 95.7 cm³/mol. The van der Waals surface area contributed by atoms with Crippen molar-refractivity contribution in [3.05, 3.63) is 35.1 Å². The minimum atomic E-state index is -0.268. The third kappa shape index (κ3) is 3.30. The fourth-order valence-electron chi connectivity index (χ4n) is 2.67. The lowest BCUT2D eigenvalue weighted by Crippen LogP contribution is -2.23. The number of para-hydroxylation sites is 1. The first-order valence-electron chi connectivity index (χ1n) is 8.30. The molecule has 2 aliphatic rings. The van der Waals surface area contributed by atoms with E-state index in [0.717, 1.165) is 11.0 Å². The summed E-state index contributed by atoms with van der Waals surface area (Å²) in [7, 11) is 0. The maximum atomic E-state index is 12.5. The lowest BCUT2D eigenvalue weighted by molar-refractivity contribution is -0.115. The molecule has 24 heavy (non-hydrogen) atoms. The number of anilines is 1. The van der Waals surface area contributed by atoms with Gasteiger partial charge in [-0.2, -0.15) is 0 Å². The second-order valence-corrected chi connectivity index (χ2v) is 8.16. The van der Waals surface area contributed by atoms with Crippen LogP contribution in [-0.4, -0.2) is 25.9 Å². The topological polar surface area (TPSA) is 59.8 Å². The first-order valence-corrected chi connectivity index (χ1v) is 9.56. The van der Waals surface area contributed by atoms with E-state index >= 15 is 0 Å². The van der Waals surface area contributed by atoms with Crippen LogP contribution in [0, 0.1) is 0 Å². The molecule has 5 nitrogen and oxygen atoms in total. The number of amides is 1. The van der Waals surface area contributed by atoms with Crippen molar-refractivity contribution in [2.24, 2.45) is 0 Å². The Bertz CT molecular complexity index is 770. The van der Waals surface area contributed by atoms with E-state index in [4.69, 9.17) is 11.6 Å². The number of aromatic nitrogens is 3. The molecule has 2 saturated carbocycles. The van der Waals surface area contributed by atoms with Crippen molar-refractivity contribution in [3.63, 3.8) is 0 Å². The summed E-state index contributed by atoms with van der Waals surface area (Å²) in [5.41, 5.74) is 0.638. The molecule has 0 radical (unpaired) electrons. The zero-order valence-corrected chi connectivity index (χ0v) is 15.0. The molecule has 0 saturated heterocycles. The SMILES string of the molecule is C[C@H](Sc1nnc(C2CC2)n1C1CC1)C(=O)Nc1ccccc1Cl. The Labute approximate surface area is 150 Å². The second kappa shape index (κ2) is 6.41. The summed E-state index contributed by atoms with van der Waals surface area (Å²) in [5, 5.41) is 12.8. The van der Waals surface area contributed by atoms with Gasteiger partial charge in [-0.15, -0.1) is 10.2 Å². The lowest BCUT2D eigenvalue weighted by atomic mass is 10.3. The average Bonchev–Trinajstić information content (AvgIpc) is 3.49. The minimum absolute atomic E-state index is 0.0774. The molecule has 2 fully saturated rings. The summed E-state index contributed by atoms with van der Waals surface area (Å²) < 4.78 is 2.27. The number of thioether (sulfide) groups is 1. The van der Waals surface area contributed by atoms with Crippen molar-refractivity contribution in [1.29, 1.82) is 0 Å². The molecular weight excluding hydrogens is 344 g/mol. The molecule has 4 rings (SSSR count). The van der Waals surface area contributed by atoms with E-state index in [9.17, 15) is 4.79 Å². The maximum absolute atomic E-state index is 12.5. The van der Waals surface area contributed by atoms with E-state index in [2.05, 4.69) is 20.1 Å². The first-order chi connectivity index (χ1) is 11.6. The van der Waals surface area contributed by atoms with E-state index in [0.29, 0.717) is 22.7 Å². The number of benzene rings is 1. The highest BCUT2D eigenvalue weighted by molar-refractivity contribution is 8.00. The van der Waals surface area contributed by atoms with Crippen LogP contribution in [0.25, 0.3) is 0 Å². The molecule has 1 N–H and O–H groups in total. The van der Waals surface area contributed by atoms with Crippen molar-refractivity contribution < 1.29 is 4.79 Å². The Balaban J connectivity index is 1.47. The molecule has 1 amide bonds. The number of carbonyl (C=O) groups excluding carboxylic acids is 1. The van der Waals surface area contributed by atoms with Gasteiger partial charge in [-0.1, -0.05) is 35.5 Å². The maximum Gasteiger partial charge on any atom is 0.237 e. The van der Waals surface area contributed by atoms with Crippen molar-refractivity contribution in [2.45, 2.75) is 55.0 Å². The Morgan fingerprint density at radius 1 is 1.29 bits per heavy atom. The highest BCUT2D eigenvalue weighted by Crippen LogP contribution is 2.46. The van der Waals surface area contributed by atoms with Gasteiger partial charge in [0.1, 0.15) is 5.82 Å². The molecule has 0 spiro atoms. The van der Waals surface area contributed by atoms with Gasteiger partial charge < -0.3 is 9.88 Å². The van der Waals surface area contributed by atoms with Gasteiger partial charge in [0, 0.05) is 12.0 Å². The van der Waals surface area contributed by atoms with E-state index < -0.39 is 0 Å². The summed E-state index contributed by atoms with van der Waals surface area (Å²) in [4.78, 5) is 12.5. The molecule has 0 unspecified atom stereocenters. The number of nitrogens with zero attached hydrogens (tertiary/aromatic N) is 3. The molecule has 2 aromatic rings. The monoisotopic (exact) mass is 362 g/mol. The minimum Gasteiger partial charge on any atom is -0.324 e. The Kier molecular flexibility index (Phi) is 4.26. The molecule has 1 atom stereocenters. The van der Waals surface area contributed by atoms with Gasteiger partial charge in [-0.3, -0.25) is 4.79 Å². The highest BCUT2D eigenvalue weighted by Gasteiger charge is 2.37. The number of halogens is 1. The zero-order valence-electron chi connectivity index (χ0n) is 13.4. The molecule has 0 bridgehead atoms. The Hall–Kier alpha value is -1.53. The van der Waals surface area contributed by atoms with Gasteiger partial charge >= 0.3 is 0 Å². The number of nitrogens with one attached hydrogen (secondary N) is 1. The fourth-order valence-corrected chi connectivity index (χ4v) is 3.78. The molecule has 1 heterocycles. The third-order valence-corrected chi connectivity index (χ3v) is 5.71. The molecule has 0 aliphatic heterocycles. The van der Waals surface area contributed by atoms with E-state index in [-0.39, 0.29) is 11.2 Å². The summed E-state index contributed by atoms with van der Waals surface area (Å²) in [5.74, 6) is 1.60. The van der Waals surface area contributed by atoms with Crippen LogP contribution in [0.4, 0.5) is 5.69 Å². The quantitative estimate of drug-likeness (QED) is 0.780. The largest absolute Gasteiger partial charge is 0.324 e. The van der Waals surface area contributed by atoms with Crippen molar-refractivity contribution in [1.82, 2.24) is 14.8 Å². The summed E-state index contributed by atoms with van der Waals surface area (Å²) in [6.45, 7) is 1.89. The van der Waals surface area contributed by atoms with Crippen LogP contribution in [0.1, 0.15) is 50.4 Å². The molecular formula is C17H19ClN4OS. The average molecular weight is 363 g/mol. The smallest absolute Gasteiger partial charge is 0.237 e. The van der Waals surface area contributed by atoms with Crippen LogP contribution in [0.5, 0.6) is 0 Å². The fraction of sp³-hybridized carbons (Fsp3) is 0.471. The van der Waals surface area contributed by atoms with Crippen LogP contribution in [0.3, 0.4) is 0 Å². The van der Waals surface area contributed by atoms with Gasteiger partial charge in [-0.25, -0.2) is 0 Å². The van der Waals surface area contributed by atoms with Crippen LogP contribution in [-0.2, 0) is 4.79 Å². The molecule has 1 aromatic carbocycles. The van der Waals surface area contributed by atoms with Crippen LogP contribution in [0.2, 0.25) is 5.02 Å². The van der Waals surface area contributed by atoms with Crippen molar-refractivity contribution in [2.75, 3.05) is 5.32 Å². The Morgan fingerprint density at radius 3 is 2.71 bits per heavy atom. The number of carbonyl (C=O) groups is 1. The number of rotatable bonds is 6. The zero-order chi connectivity index (χ0) is 16.7. The van der Waals surface area contributed by atoms with Gasteiger partial charge in [0.05, 0.1) is 16.0 Å². The summed E-state index contributed by atoms with van der Waals surface area (Å²) in [6.07, 6.45) is 4.78. The Morgan fingerprint density at radius 2 is 2.04 bits per heavy atom. The standard InChI is InChI=1S/C17H19ClN4OS/c1-10(16(23)19-14-5-3-2-4-13(14)18)24-17-21-20-15(11-6-7-11)22(17)12-8-9-12/h2-5,10-12H,6-9H2,1H3,(H,19,23)/t10-/m0/s1. The van der Waals surface area contributed by atoms with E-state index in [1.807, 2.05) is 19.1 Å². The third-order valence-electron chi connectivity index (χ3n) is 4.33. The van der Waals surface area contributed by atoms with E-state index in [1.54, 1.807) is 12.1 Å². The molecule has 126 valence electrons. The van der Waals surface area contributed by atoms with Crippen molar-refractivity contribution >= 4 is 35.0 Å². The lowest BCUT2D eigenvalue weighted by Gasteiger charge is -2.14. The predicted octanol–water partition coefficient (Wildman–Crippen LogP) is 4.26. The summed E-state index contributed by atoms with van der Waals surface area (Å²) in [6, 6.07) is 7.78. The highest BCUT2D eigenvalue weighted by atomic mass is 35.5. The van der Waals surface area contributed by atoms with Gasteiger partial charge in [-0.05, 0) is 44.7 Å². The van der Waals surface area contributed by atoms with Gasteiger partial charge in [0.25, 0.3) is 0 Å². The van der Waals surface area contributed by atoms with Gasteiger partial charge in [0.2, 0.25) is 5.91 Å². The molecule has 2 aliphatic carbocycles. The number of hydrogen-bond acceptors (Lipinski definition) is 4.